The van der Waals surface area contributed by atoms with Gasteiger partial charge in [0.05, 0.1) is 23.0 Å². The van der Waals surface area contributed by atoms with E-state index in [1.807, 2.05) is 19.9 Å². The number of carbonyl (C=O) groups excluding carboxylic acids is 1. The Labute approximate surface area is 157 Å². The molecule has 0 saturated carbocycles. The molecule has 2 aromatic rings. The molecule has 1 aliphatic rings. The summed E-state index contributed by atoms with van der Waals surface area (Å²) in [4.78, 5) is 14.4. The van der Waals surface area contributed by atoms with Gasteiger partial charge in [-0.1, -0.05) is 6.07 Å². The van der Waals surface area contributed by atoms with Gasteiger partial charge in [-0.25, -0.2) is 8.42 Å². The lowest BCUT2D eigenvalue weighted by Crippen LogP contribution is -2.40. The van der Waals surface area contributed by atoms with Crippen LogP contribution in [0.5, 0.6) is 0 Å². The van der Waals surface area contributed by atoms with Crippen LogP contribution in [0, 0.1) is 20.8 Å². The number of carbonyl (C=O) groups is 1. The van der Waals surface area contributed by atoms with Crippen LogP contribution in [0.1, 0.15) is 25.7 Å². The number of anilines is 1. The van der Waals surface area contributed by atoms with Crippen molar-refractivity contribution in [3.8, 4) is 0 Å². The number of nitrogens with zero attached hydrogens (tertiary/aromatic N) is 1. The normalized spacial score (nSPS) is 15.8. The fraction of sp³-hybridized carbons (Fsp3) is 0.389. The summed E-state index contributed by atoms with van der Waals surface area (Å²) in [7, 11) is -3.61. The predicted molar refractivity (Wildman–Crippen MR) is 103 cm³/mol. The maximum Gasteiger partial charge on any atom is 0.265 e. The third-order valence-electron chi connectivity index (χ3n) is 4.42. The first-order chi connectivity index (χ1) is 12.3. The highest BCUT2D eigenvalue weighted by atomic mass is 32.2. The van der Waals surface area contributed by atoms with Crippen molar-refractivity contribution in [2.75, 3.05) is 31.6 Å². The molecule has 0 bridgehead atoms. The number of hydrogen-bond acceptors (Lipinski definition) is 5. The van der Waals surface area contributed by atoms with E-state index in [0.29, 0.717) is 42.4 Å². The Kier molecular flexibility index (Phi) is 5.47. The van der Waals surface area contributed by atoms with E-state index in [4.69, 9.17) is 4.74 Å². The zero-order valence-corrected chi connectivity index (χ0v) is 16.7. The predicted octanol–water partition coefficient (Wildman–Crippen LogP) is 2.95. The molecule has 1 fully saturated rings. The first-order valence-electron chi connectivity index (χ1n) is 8.36. The first kappa shape index (κ1) is 19.0. The van der Waals surface area contributed by atoms with Crippen molar-refractivity contribution in [3.63, 3.8) is 0 Å². The van der Waals surface area contributed by atoms with Crippen LogP contribution in [-0.2, 0) is 14.8 Å². The highest BCUT2D eigenvalue weighted by Gasteiger charge is 2.28. The molecule has 1 aromatic carbocycles. The van der Waals surface area contributed by atoms with Crippen LogP contribution in [0.25, 0.3) is 0 Å². The first-order valence-corrected chi connectivity index (χ1v) is 10.6. The molecule has 0 spiro atoms. The van der Waals surface area contributed by atoms with Gasteiger partial charge in [-0.05, 0) is 50.1 Å². The molecule has 0 radical (unpaired) electrons. The summed E-state index contributed by atoms with van der Waals surface area (Å²) < 4.78 is 32.5. The Morgan fingerprint density at radius 1 is 1.12 bits per heavy atom. The van der Waals surface area contributed by atoms with E-state index in [1.54, 1.807) is 19.1 Å². The lowest BCUT2D eigenvalue weighted by molar-refractivity contribution is 0.0730. The molecule has 3 rings (SSSR count). The zero-order chi connectivity index (χ0) is 18.9. The van der Waals surface area contributed by atoms with E-state index < -0.39 is 10.0 Å². The van der Waals surface area contributed by atoms with Gasteiger partial charge in [-0.2, -0.15) is 4.31 Å². The van der Waals surface area contributed by atoms with Crippen LogP contribution >= 0.6 is 11.3 Å². The quantitative estimate of drug-likeness (QED) is 0.865. The monoisotopic (exact) mass is 394 g/mol. The van der Waals surface area contributed by atoms with Crippen LogP contribution in [-0.4, -0.2) is 44.9 Å². The number of hydrogen-bond donors (Lipinski definition) is 1. The molecule has 0 atom stereocenters. The Bertz CT molecular complexity index is 909. The van der Waals surface area contributed by atoms with Gasteiger partial charge in [-0.3, -0.25) is 4.79 Å². The van der Waals surface area contributed by atoms with Crippen molar-refractivity contribution in [2.45, 2.75) is 25.7 Å². The topological polar surface area (TPSA) is 75.7 Å². The van der Waals surface area contributed by atoms with Crippen molar-refractivity contribution in [1.29, 1.82) is 0 Å². The van der Waals surface area contributed by atoms with Crippen LogP contribution in [0.15, 0.2) is 29.2 Å². The number of nitrogens with one attached hydrogen (secondary N) is 1. The molecule has 1 amide bonds. The largest absolute Gasteiger partial charge is 0.379 e. The molecule has 6 nitrogen and oxygen atoms in total. The Balaban J connectivity index is 1.86. The van der Waals surface area contributed by atoms with Gasteiger partial charge in [0.2, 0.25) is 10.0 Å². The molecule has 1 aromatic heterocycles. The van der Waals surface area contributed by atoms with E-state index in [2.05, 4.69) is 5.32 Å². The molecule has 8 heteroatoms. The SMILES string of the molecule is Cc1ccc(NC(=O)c2cc(C)c(C)s2)cc1S(=O)(=O)N1CCOCC1. The standard InChI is InChI=1S/C18H22N2O4S2/c1-12-4-5-15(19-18(21)16-10-13(2)14(3)25-16)11-17(12)26(22,23)20-6-8-24-9-7-20/h4-5,10-11H,6-9H2,1-3H3,(H,19,21). The van der Waals surface area contributed by atoms with Gasteiger partial charge in [-0.15, -0.1) is 11.3 Å². The summed E-state index contributed by atoms with van der Waals surface area (Å²) in [6.07, 6.45) is 0. The van der Waals surface area contributed by atoms with E-state index in [-0.39, 0.29) is 10.8 Å². The number of rotatable bonds is 4. The summed E-state index contributed by atoms with van der Waals surface area (Å²) in [5.74, 6) is -0.232. The molecule has 2 heterocycles. The van der Waals surface area contributed by atoms with Gasteiger partial charge >= 0.3 is 0 Å². The Morgan fingerprint density at radius 3 is 2.42 bits per heavy atom. The lowest BCUT2D eigenvalue weighted by atomic mass is 10.2. The number of aryl methyl sites for hydroxylation is 3. The molecule has 0 aliphatic carbocycles. The zero-order valence-electron chi connectivity index (χ0n) is 15.0. The molecule has 1 saturated heterocycles. The van der Waals surface area contributed by atoms with E-state index >= 15 is 0 Å². The summed E-state index contributed by atoms with van der Waals surface area (Å²) in [5.41, 5.74) is 2.19. The Morgan fingerprint density at radius 2 is 1.81 bits per heavy atom. The van der Waals surface area contributed by atoms with Crippen molar-refractivity contribution in [2.24, 2.45) is 0 Å². The number of ether oxygens (including phenoxy) is 1. The van der Waals surface area contributed by atoms with E-state index in [1.165, 1.54) is 21.7 Å². The Hall–Kier alpha value is -1.74. The number of morpholine rings is 1. The number of sulfonamides is 1. The van der Waals surface area contributed by atoms with E-state index in [9.17, 15) is 13.2 Å². The van der Waals surface area contributed by atoms with Crippen LogP contribution in [0.2, 0.25) is 0 Å². The minimum absolute atomic E-state index is 0.218. The average molecular weight is 395 g/mol. The number of benzene rings is 1. The third kappa shape index (κ3) is 3.83. The third-order valence-corrected chi connectivity index (χ3v) is 7.62. The van der Waals surface area contributed by atoms with Gasteiger partial charge in [0, 0.05) is 23.7 Å². The second kappa shape index (κ2) is 7.48. The second-order valence-electron chi connectivity index (χ2n) is 6.30. The summed E-state index contributed by atoms with van der Waals surface area (Å²) in [5, 5.41) is 2.81. The van der Waals surface area contributed by atoms with Crippen molar-refractivity contribution >= 4 is 33.0 Å². The van der Waals surface area contributed by atoms with Crippen LogP contribution in [0.3, 0.4) is 0 Å². The van der Waals surface area contributed by atoms with Crippen LogP contribution < -0.4 is 5.32 Å². The van der Waals surface area contributed by atoms with Gasteiger partial charge < -0.3 is 10.1 Å². The summed E-state index contributed by atoms with van der Waals surface area (Å²) in [6.45, 7) is 7.15. The maximum atomic E-state index is 12.9. The second-order valence-corrected chi connectivity index (χ2v) is 9.46. The molecule has 1 N–H and O–H groups in total. The number of thiophene rings is 1. The maximum absolute atomic E-state index is 12.9. The smallest absolute Gasteiger partial charge is 0.265 e. The molecule has 140 valence electrons. The van der Waals surface area contributed by atoms with Crippen molar-refractivity contribution in [1.82, 2.24) is 4.31 Å². The fourth-order valence-electron chi connectivity index (χ4n) is 2.76. The van der Waals surface area contributed by atoms with Crippen molar-refractivity contribution < 1.29 is 17.9 Å². The fourth-order valence-corrected chi connectivity index (χ4v) is 5.35. The summed E-state index contributed by atoms with van der Waals surface area (Å²) >= 11 is 1.42. The van der Waals surface area contributed by atoms with Gasteiger partial charge in [0.25, 0.3) is 5.91 Å². The highest BCUT2D eigenvalue weighted by Crippen LogP contribution is 2.26. The minimum atomic E-state index is -3.61. The number of amides is 1. The average Bonchev–Trinajstić information content (AvgIpc) is 2.96. The highest BCUT2D eigenvalue weighted by molar-refractivity contribution is 7.89. The molecule has 1 aliphatic heterocycles. The molecular weight excluding hydrogens is 372 g/mol. The molecule has 26 heavy (non-hydrogen) atoms. The molecule has 0 unspecified atom stereocenters. The van der Waals surface area contributed by atoms with Gasteiger partial charge in [0.1, 0.15) is 0 Å². The van der Waals surface area contributed by atoms with Crippen LogP contribution in [0.4, 0.5) is 5.69 Å². The summed E-state index contributed by atoms with van der Waals surface area (Å²) in [6, 6.07) is 6.81. The van der Waals surface area contributed by atoms with Gasteiger partial charge in [0.15, 0.2) is 0 Å². The van der Waals surface area contributed by atoms with Crippen molar-refractivity contribution in [3.05, 3.63) is 45.1 Å². The lowest BCUT2D eigenvalue weighted by Gasteiger charge is -2.26. The minimum Gasteiger partial charge on any atom is -0.379 e. The van der Waals surface area contributed by atoms with E-state index in [0.717, 1.165) is 10.4 Å². The molecular formula is C18H22N2O4S2.